The first-order valence-electron chi connectivity index (χ1n) is 11.0. The summed E-state index contributed by atoms with van der Waals surface area (Å²) in [5, 5.41) is 9.56. The van der Waals surface area contributed by atoms with Crippen molar-refractivity contribution in [3.05, 3.63) is 65.4 Å². The van der Waals surface area contributed by atoms with Crippen LogP contribution >= 0.6 is 0 Å². The summed E-state index contributed by atoms with van der Waals surface area (Å²) in [6.45, 7) is 7.38. The number of fused-ring (bicyclic) bond motifs is 1. The first-order valence-corrected chi connectivity index (χ1v) is 11.0. The number of carbonyl (C=O) groups is 1. The molecule has 178 valence electrons. The molecule has 33 heavy (non-hydrogen) atoms. The highest BCUT2D eigenvalue weighted by Gasteiger charge is 2.27. The Labute approximate surface area is 192 Å². The third-order valence-corrected chi connectivity index (χ3v) is 6.08. The minimum absolute atomic E-state index is 0.331. The van der Waals surface area contributed by atoms with Gasteiger partial charge >= 0.3 is 5.97 Å². The predicted molar refractivity (Wildman–Crippen MR) is 125 cm³/mol. The Kier molecular flexibility index (Phi) is 8.41. The fourth-order valence-corrected chi connectivity index (χ4v) is 4.07. The maximum Gasteiger partial charge on any atom is 0.335 e. The highest BCUT2D eigenvalue weighted by atomic mass is 19.3. The zero-order chi connectivity index (χ0) is 24.0. The lowest BCUT2D eigenvalue weighted by molar-refractivity contribution is 0.00752. The molecular weight excluding hydrogens is 428 g/mol. The Balaban J connectivity index is 0.000000286. The van der Waals surface area contributed by atoms with Gasteiger partial charge in [0.05, 0.1) is 18.7 Å². The molecule has 0 radical (unpaired) electrons. The molecule has 2 N–H and O–H groups in total. The van der Waals surface area contributed by atoms with Crippen molar-refractivity contribution in [1.29, 1.82) is 0 Å². The van der Waals surface area contributed by atoms with E-state index >= 15 is 0 Å². The van der Waals surface area contributed by atoms with Crippen LogP contribution in [0.1, 0.15) is 28.4 Å². The SMILES string of the molecule is COc1cc(C)c2[nH]ccc2c1CN1CCN(C(C)C(F)F)CC1.O=C(O)c1ccccc1. The van der Waals surface area contributed by atoms with E-state index in [0.717, 1.165) is 42.0 Å². The first kappa shape index (κ1) is 24.7. The van der Waals surface area contributed by atoms with Gasteiger partial charge in [-0.15, -0.1) is 0 Å². The molecule has 1 saturated heterocycles. The van der Waals surface area contributed by atoms with Gasteiger partial charge < -0.3 is 14.8 Å². The van der Waals surface area contributed by atoms with E-state index in [4.69, 9.17) is 9.84 Å². The number of nitrogens with zero attached hydrogens (tertiary/aromatic N) is 2. The van der Waals surface area contributed by atoms with Gasteiger partial charge in [-0.1, -0.05) is 18.2 Å². The van der Waals surface area contributed by atoms with E-state index in [1.807, 2.05) is 11.1 Å². The Morgan fingerprint density at radius 3 is 2.36 bits per heavy atom. The first-order chi connectivity index (χ1) is 15.8. The van der Waals surface area contributed by atoms with Gasteiger partial charge in [-0.3, -0.25) is 9.80 Å². The van der Waals surface area contributed by atoms with Crippen molar-refractivity contribution in [2.24, 2.45) is 0 Å². The average Bonchev–Trinajstić information content (AvgIpc) is 3.32. The number of methoxy groups -OCH3 is 1. The van der Waals surface area contributed by atoms with Gasteiger partial charge in [0, 0.05) is 55.4 Å². The number of piperazine rings is 1. The van der Waals surface area contributed by atoms with Crippen molar-refractivity contribution in [3.63, 3.8) is 0 Å². The van der Waals surface area contributed by atoms with E-state index in [1.54, 1.807) is 44.4 Å². The summed E-state index contributed by atoms with van der Waals surface area (Å²) in [5.41, 5.74) is 3.79. The van der Waals surface area contributed by atoms with Crippen molar-refractivity contribution in [1.82, 2.24) is 14.8 Å². The van der Waals surface area contributed by atoms with Crippen LogP contribution in [0.5, 0.6) is 5.75 Å². The number of nitrogens with one attached hydrogen (secondary N) is 1. The van der Waals surface area contributed by atoms with Gasteiger partial charge in [-0.05, 0) is 43.7 Å². The molecule has 1 unspecified atom stereocenters. The summed E-state index contributed by atoms with van der Waals surface area (Å²) >= 11 is 0. The second-order valence-corrected chi connectivity index (χ2v) is 8.20. The fraction of sp³-hybridized carbons (Fsp3) is 0.400. The van der Waals surface area contributed by atoms with Gasteiger partial charge in [0.1, 0.15) is 5.75 Å². The molecule has 1 fully saturated rings. The normalized spacial score (nSPS) is 15.8. The maximum atomic E-state index is 12.9. The Morgan fingerprint density at radius 2 is 1.82 bits per heavy atom. The summed E-state index contributed by atoms with van der Waals surface area (Å²) in [4.78, 5) is 17.7. The molecule has 0 saturated carbocycles. The third kappa shape index (κ3) is 6.09. The van der Waals surface area contributed by atoms with Gasteiger partial charge in [-0.2, -0.15) is 0 Å². The van der Waals surface area contributed by atoms with E-state index in [2.05, 4.69) is 28.9 Å². The molecule has 1 aliphatic rings. The number of aryl methyl sites for hydroxylation is 1. The van der Waals surface area contributed by atoms with Crippen LogP contribution in [0, 0.1) is 6.92 Å². The molecule has 2 heterocycles. The van der Waals surface area contributed by atoms with Crippen LogP contribution in [0.2, 0.25) is 0 Å². The standard InChI is InChI=1S/C18H25F2N3O.C7H6O2/c1-12-10-16(24-3)15(14-4-5-21-17(12)14)11-22-6-8-23(9-7-22)13(2)18(19)20;8-7(9)6-4-2-1-3-5-6/h4-5,10,13,18,21H,6-9,11H2,1-3H3;1-5H,(H,8,9). The number of hydrogen-bond donors (Lipinski definition) is 2. The van der Waals surface area contributed by atoms with E-state index in [-0.39, 0.29) is 0 Å². The summed E-state index contributed by atoms with van der Waals surface area (Å²) in [5.74, 6) is 0.0126. The lowest BCUT2D eigenvalue weighted by Gasteiger charge is -2.38. The Morgan fingerprint density at radius 1 is 1.15 bits per heavy atom. The molecule has 0 spiro atoms. The predicted octanol–water partition coefficient (Wildman–Crippen LogP) is 4.64. The van der Waals surface area contributed by atoms with E-state index in [1.165, 1.54) is 5.39 Å². The lowest BCUT2D eigenvalue weighted by atomic mass is 10.0. The van der Waals surface area contributed by atoms with Gasteiger partial charge in [0.25, 0.3) is 6.43 Å². The molecule has 1 atom stereocenters. The van der Waals surface area contributed by atoms with Gasteiger partial charge in [-0.25, -0.2) is 13.6 Å². The van der Waals surface area contributed by atoms with Crippen molar-refractivity contribution in [2.45, 2.75) is 32.9 Å². The third-order valence-electron chi connectivity index (χ3n) is 6.08. The summed E-state index contributed by atoms with van der Waals surface area (Å²) in [7, 11) is 1.69. The van der Waals surface area contributed by atoms with Crippen molar-refractivity contribution in [3.8, 4) is 5.75 Å². The van der Waals surface area contributed by atoms with Crippen LogP contribution < -0.4 is 4.74 Å². The Bertz CT molecular complexity index is 1050. The molecular formula is C25H31F2N3O3. The molecule has 4 rings (SSSR count). The topological polar surface area (TPSA) is 68.8 Å². The van der Waals surface area contributed by atoms with Crippen LogP contribution in [-0.2, 0) is 6.54 Å². The number of ether oxygens (including phenoxy) is 1. The molecule has 2 aromatic carbocycles. The molecule has 6 nitrogen and oxygen atoms in total. The maximum absolute atomic E-state index is 12.9. The molecule has 0 aliphatic carbocycles. The fourth-order valence-electron chi connectivity index (χ4n) is 4.07. The largest absolute Gasteiger partial charge is 0.496 e. The van der Waals surface area contributed by atoms with Gasteiger partial charge in [0.2, 0.25) is 0 Å². The molecule has 3 aromatic rings. The average molecular weight is 460 g/mol. The van der Waals surface area contributed by atoms with Crippen LogP contribution in [-0.4, -0.2) is 71.6 Å². The van der Waals surface area contributed by atoms with Crippen molar-refractivity contribution >= 4 is 16.9 Å². The number of rotatable bonds is 6. The van der Waals surface area contributed by atoms with E-state index < -0.39 is 18.4 Å². The smallest absolute Gasteiger partial charge is 0.335 e. The lowest BCUT2D eigenvalue weighted by Crippen LogP contribution is -2.51. The van der Waals surface area contributed by atoms with Crippen molar-refractivity contribution < 1.29 is 23.4 Å². The number of carboxylic acids is 1. The number of hydrogen-bond acceptors (Lipinski definition) is 4. The number of alkyl halides is 2. The minimum Gasteiger partial charge on any atom is -0.496 e. The van der Waals surface area contributed by atoms with Crippen LogP contribution in [0.4, 0.5) is 8.78 Å². The second-order valence-electron chi connectivity index (χ2n) is 8.20. The summed E-state index contributed by atoms with van der Waals surface area (Å²) < 4.78 is 31.3. The van der Waals surface area contributed by atoms with Gasteiger partial charge in [0.15, 0.2) is 0 Å². The number of aromatic amines is 1. The molecule has 0 bridgehead atoms. The van der Waals surface area contributed by atoms with E-state index in [9.17, 15) is 13.6 Å². The number of benzene rings is 2. The highest BCUT2D eigenvalue weighted by molar-refractivity contribution is 5.88. The number of halogens is 2. The Hall–Kier alpha value is -2.97. The van der Waals surface area contributed by atoms with Crippen LogP contribution in [0.15, 0.2) is 48.7 Å². The van der Waals surface area contributed by atoms with Crippen molar-refractivity contribution in [2.75, 3.05) is 33.3 Å². The molecule has 1 aromatic heterocycles. The summed E-state index contributed by atoms with van der Waals surface area (Å²) in [6, 6.07) is 11.8. The summed E-state index contributed by atoms with van der Waals surface area (Å²) in [6.07, 6.45) is -0.337. The minimum atomic E-state index is -2.28. The number of aromatic nitrogens is 1. The monoisotopic (exact) mass is 459 g/mol. The zero-order valence-electron chi connectivity index (χ0n) is 19.2. The highest BCUT2D eigenvalue weighted by Crippen LogP contribution is 2.31. The number of aromatic carboxylic acids is 1. The zero-order valence-corrected chi connectivity index (χ0v) is 19.2. The van der Waals surface area contributed by atoms with E-state index in [0.29, 0.717) is 18.7 Å². The molecule has 8 heteroatoms. The number of carboxylic acid groups (broad SMARTS) is 1. The van der Waals surface area contributed by atoms with Crippen LogP contribution in [0.25, 0.3) is 10.9 Å². The molecule has 1 aliphatic heterocycles. The number of H-pyrrole nitrogens is 1. The quantitative estimate of drug-likeness (QED) is 0.562. The second kappa shape index (κ2) is 11.2. The molecule has 0 amide bonds. The van der Waals surface area contributed by atoms with Crippen LogP contribution in [0.3, 0.4) is 0 Å².